The van der Waals surface area contributed by atoms with E-state index in [-0.39, 0.29) is 7.43 Å². The summed E-state index contributed by atoms with van der Waals surface area (Å²) in [7, 11) is 0. The van der Waals surface area contributed by atoms with E-state index in [1.54, 1.807) is 0 Å². The second-order valence-corrected chi connectivity index (χ2v) is 8.86. The molecule has 4 rings (SSSR count). The van der Waals surface area contributed by atoms with E-state index in [2.05, 4.69) is 66.5 Å². The van der Waals surface area contributed by atoms with Gasteiger partial charge in [0.15, 0.2) is 0 Å². The first-order valence-electron chi connectivity index (χ1n) is 8.21. The molecule has 0 spiro atoms. The van der Waals surface area contributed by atoms with E-state index in [4.69, 9.17) is 4.74 Å². The molecule has 2 aromatic heterocycles. The van der Waals surface area contributed by atoms with Gasteiger partial charge in [0.25, 0.3) is 0 Å². The molecule has 8 heteroatoms. The molecule has 0 unspecified atom stereocenters. The molecular formula is C20H22I2N4O2. The Labute approximate surface area is 191 Å². The monoisotopic (exact) mass is 604 g/mol. The van der Waals surface area contributed by atoms with Crippen LogP contribution in [0.3, 0.4) is 0 Å². The Morgan fingerprint density at radius 3 is 2.29 bits per heavy atom. The van der Waals surface area contributed by atoms with Crippen LogP contribution in [0.4, 0.5) is 4.79 Å². The molecule has 4 aromatic rings. The molecule has 28 heavy (non-hydrogen) atoms. The Morgan fingerprint density at radius 2 is 1.64 bits per heavy atom. The summed E-state index contributed by atoms with van der Waals surface area (Å²) in [5.41, 5.74) is 1.29. The van der Waals surface area contributed by atoms with Crippen LogP contribution in [0.1, 0.15) is 28.2 Å². The third-order valence-corrected chi connectivity index (χ3v) is 5.14. The molecule has 0 saturated heterocycles. The van der Waals surface area contributed by atoms with Gasteiger partial charge in [-0.1, -0.05) is 43.8 Å². The Morgan fingerprint density at radius 1 is 1.04 bits per heavy atom. The van der Waals surface area contributed by atoms with Crippen molar-refractivity contribution in [2.75, 3.05) is 0 Å². The maximum atomic E-state index is 12.0. The van der Waals surface area contributed by atoms with Gasteiger partial charge in [0, 0.05) is 10.8 Å². The summed E-state index contributed by atoms with van der Waals surface area (Å²) in [5.74, 6) is 0. The fraction of sp³-hybridized carbons (Fsp3) is 0.250. The average molecular weight is 604 g/mol. The zero-order valence-electron chi connectivity index (χ0n) is 15.0. The minimum Gasteiger partial charge on any atom is -0.442 e. The number of H-pyrrole nitrogens is 1. The Balaban J connectivity index is 0.000000217. The second-order valence-electron chi connectivity index (χ2n) is 6.75. The predicted octanol–water partition coefficient (Wildman–Crippen LogP) is 6.23. The molecule has 0 aliphatic heterocycles. The Bertz CT molecular complexity index is 1100. The van der Waals surface area contributed by atoms with E-state index in [1.165, 1.54) is 10.1 Å². The van der Waals surface area contributed by atoms with Crippen molar-refractivity contribution in [1.82, 2.24) is 20.0 Å². The molecule has 2 heterocycles. The normalized spacial score (nSPS) is 10.9. The van der Waals surface area contributed by atoms with Crippen LogP contribution in [0.15, 0.2) is 48.5 Å². The van der Waals surface area contributed by atoms with Gasteiger partial charge in [0.05, 0.1) is 11.0 Å². The number of hydrogen-bond acceptors (Lipinski definition) is 4. The van der Waals surface area contributed by atoms with Crippen molar-refractivity contribution in [2.24, 2.45) is 0 Å². The van der Waals surface area contributed by atoms with Crippen LogP contribution in [0.2, 0.25) is 0 Å². The van der Waals surface area contributed by atoms with Gasteiger partial charge in [-0.05, 0) is 78.1 Å². The van der Waals surface area contributed by atoms with Gasteiger partial charge >= 0.3 is 6.09 Å². The lowest BCUT2D eigenvalue weighted by molar-refractivity contribution is 0.0522. The summed E-state index contributed by atoms with van der Waals surface area (Å²) in [5, 5.41) is 13.4. The lowest BCUT2D eigenvalue weighted by Crippen LogP contribution is -2.27. The third kappa shape index (κ3) is 5.22. The third-order valence-electron chi connectivity index (χ3n) is 3.52. The highest BCUT2D eigenvalue weighted by molar-refractivity contribution is 14.1. The molecule has 0 bridgehead atoms. The molecule has 1 N–H and O–H groups in total. The van der Waals surface area contributed by atoms with Crippen LogP contribution in [-0.4, -0.2) is 31.7 Å². The van der Waals surface area contributed by atoms with Crippen LogP contribution >= 0.6 is 45.2 Å². The van der Waals surface area contributed by atoms with Crippen LogP contribution in [0.25, 0.3) is 21.8 Å². The van der Waals surface area contributed by atoms with Gasteiger partial charge in [-0.3, -0.25) is 5.10 Å². The number of carbonyl (C=O) groups is 1. The van der Waals surface area contributed by atoms with Gasteiger partial charge in [-0.15, -0.1) is 0 Å². The molecule has 2 aromatic carbocycles. The minimum absolute atomic E-state index is 0. The summed E-state index contributed by atoms with van der Waals surface area (Å²) < 4.78 is 8.51. The molecule has 0 radical (unpaired) electrons. The summed E-state index contributed by atoms with van der Waals surface area (Å²) >= 11 is 4.35. The Hall–Kier alpha value is -1.69. The summed E-state index contributed by atoms with van der Waals surface area (Å²) in [6, 6.07) is 15.6. The SMILES string of the molecule is C.CC(C)(C)OC(=O)n1nc(I)c2ccccc21.Ic1[nH]nc2ccccc12. The van der Waals surface area contributed by atoms with Gasteiger partial charge in [0.2, 0.25) is 0 Å². The molecule has 6 nitrogen and oxygen atoms in total. The van der Waals surface area contributed by atoms with Gasteiger partial charge in [0.1, 0.15) is 13.0 Å². The number of rotatable bonds is 0. The standard InChI is InChI=1S/C12H13IN2O2.C7H5IN2.CH4/c1-12(2,3)17-11(16)15-9-7-5-4-6-8(9)10(13)14-15;8-7-5-3-1-2-4-6(5)9-10-7;/h4-7H,1-3H3;1-4H,(H,9,10);1H4. The number of para-hydroxylation sites is 2. The highest BCUT2D eigenvalue weighted by Gasteiger charge is 2.21. The van der Waals surface area contributed by atoms with Crippen molar-refractivity contribution in [3.05, 3.63) is 55.9 Å². The molecule has 0 aliphatic carbocycles. The number of nitrogens with one attached hydrogen (secondary N) is 1. The fourth-order valence-corrected chi connectivity index (χ4v) is 3.65. The number of halogens is 2. The number of fused-ring (bicyclic) bond motifs is 2. The molecule has 148 valence electrons. The van der Waals surface area contributed by atoms with E-state index in [0.29, 0.717) is 0 Å². The van der Waals surface area contributed by atoms with E-state index in [1.807, 2.05) is 63.2 Å². The number of carbonyl (C=O) groups excluding carboxylic acids is 1. The first-order chi connectivity index (χ1) is 12.8. The molecular weight excluding hydrogens is 582 g/mol. The van der Waals surface area contributed by atoms with Crippen LogP contribution in [-0.2, 0) is 4.74 Å². The summed E-state index contributed by atoms with van der Waals surface area (Å²) in [6.45, 7) is 5.50. The van der Waals surface area contributed by atoms with Gasteiger partial charge in [-0.25, -0.2) is 4.79 Å². The number of aromatic nitrogens is 4. The van der Waals surface area contributed by atoms with Crippen molar-refractivity contribution in [1.29, 1.82) is 0 Å². The molecule has 0 fully saturated rings. The van der Waals surface area contributed by atoms with E-state index >= 15 is 0 Å². The zero-order valence-corrected chi connectivity index (χ0v) is 19.3. The van der Waals surface area contributed by atoms with Crippen molar-refractivity contribution < 1.29 is 9.53 Å². The van der Waals surface area contributed by atoms with Gasteiger partial charge < -0.3 is 4.74 Å². The van der Waals surface area contributed by atoms with Crippen molar-refractivity contribution in [2.45, 2.75) is 33.8 Å². The number of aromatic amines is 1. The molecule has 0 amide bonds. The molecule has 0 atom stereocenters. The lowest BCUT2D eigenvalue weighted by atomic mass is 10.2. The van der Waals surface area contributed by atoms with Gasteiger partial charge in [-0.2, -0.15) is 14.9 Å². The minimum atomic E-state index is -0.518. The zero-order chi connectivity index (χ0) is 19.6. The van der Waals surface area contributed by atoms with E-state index < -0.39 is 11.7 Å². The maximum Gasteiger partial charge on any atom is 0.435 e. The highest BCUT2D eigenvalue weighted by atomic mass is 127. The number of ether oxygens (including phenoxy) is 1. The molecule has 0 saturated carbocycles. The lowest BCUT2D eigenvalue weighted by Gasteiger charge is -2.19. The summed E-state index contributed by atoms with van der Waals surface area (Å²) in [6.07, 6.45) is -0.448. The molecule has 0 aliphatic rings. The number of hydrogen-bond donors (Lipinski definition) is 1. The average Bonchev–Trinajstić information content (AvgIpc) is 3.16. The maximum absolute atomic E-state index is 12.0. The first-order valence-corrected chi connectivity index (χ1v) is 10.4. The van der Waals surface area contributed by atoms with Crippen molar-refractivity contribution in [3.8, 4) is 0 Å². The predicted molar refractivity (Wildman–Crippen MR) is 130 cm³/mol. The first kappa shape index (κ1) is 22.6. The van der Waals surface area contributed by atoms with Crippen LogP contribution in [0, 0.1) is 7.40 Å². The summed E-state index contributed by atoms with van der Waals surface area (Å²) in [4.78, 5) is 12.0. The van der Waals surface area contributed by atoms with E-state index in [0.717, 1.165) is 23.8 Å². The largest absolute Gasteiger partial charge is 0.442 e. The van der Waals surface area contributed by atoms with E-state index in [9.17, 15) is 4.79 Å². The number of nitrogens with zero attached hydrogens (tertiary/aromatic N) is 3. The number of benzene rings is 2. The highest BCUT2D eigenvalue weighted by Crippen LogP contribution is 2.21. The van der Waals surface area contributed by atoms with Crippen LogP contribution in [0.5, 0.6) is 0 Å². The quantitative estimate of drug-likeness (QED) is 0.242. The van der Waals surface area contributed by atoms with Crippen LogP contribution < -0.4 is 0 Å². The Kier molecular flexibility index (Phi) is 7.43. The topological polar surface area (TPSA) is 72.8 Å². The smallest absolute Gasteiger partial charge is 0.435 e. The van der Waals surface area contributed by atoms with Crippen molar-refractivity contribution >= 4 is 73.1 Å². The fourth-order valence-electron chi connectivity index (χ4n) is 2.40. The van der Waals surface area contributed by atoms with Crippen molar-refractivity contribution in [3.63, 3.8) is 0 Å². The second kappa shape index (κ2) is 9.21.